The van der Waals surface area contributed by atoms with E-state index >= 15 is 0 Å². The fraction of sp³-hybridized carbons (Fsp3) is 0.136. The number of esters is 1. The predicted octanol–water partition coefficient (Wildman–Crippen LogP) is 4.44. The number of methoxy groups -OCH3 is 1. The molecule has 7 heteroatoms. The maximum absolute atomic E-state index is 12.4. The number of hydrogen-bond acceptors (Lipinski definition) is 6. The number of nitrogens with one attached hydrogen (secondary N) is 1. The number of hydrogen-bond donors (Lipinski definition) is 1. The number of carbonyl (C=O) groups excluding carboxylic acids is 3. The highest BCUT2D eigenvalue weighted by molar-refractivity contribution is 7.12. The van der Waals surface area contributed by atoms with E-state index in [2.05, 4.69) is 5.32 Å². The number of amides is 1. The van der Waals surface area contributed by atoms with Crippen molar-refractivity contribution in [2.45, 2.75) is 13.0 Å². The van der Waals surface area contributed by atoms with E-state index in [9.17, 15) is 14.4 Å². The Balaban J connectivity index is 1.59. The molecule has 0 bridgehead atoms. The third-order valence-electron chi connectivity index (χ3n) is 4.15. The molecule has 0 aliphatic carbocycles. The van der Waals surface area contributed by atoms with E-state index in [1.54, 1.807) is 55.6 Å². The highest BCUT2D eigenvalue weighted by Gasteiger charge is 2.20. The predicted molar refractivity (Wildman–Crippen MR) is 111 cm³/mol. The first-order chi connectivity index (χ1) is 14.0. The SMILES string of the molecule is COc1ccc(C(=O)[C@H](C)OC(=O)c2ccc(NC(=O)c3cccs3)cc2)cc1. The van der Waals surface area contributed by atoms with E-state index in [0.717, 1.165) is 0 Å². The van der Waals surface area contributed by atoms with Crippen LogP contribution >= 0.6 is 11.3 Å². The van der Waals surface area contributed by atoms with E-state index in [1.807, 2.05) is 5.38 Å². The minimum Gasteiger partial charge on any atom is -0.497 e. The standard InChI is InChI=1S/C22H19NO5S/c1-14(20(24)15-7-11-18(27-2)12-8-15)28-22(26)16-5-9-17(10-6-16)23-21(25)19-4-3-13-29-19/h3-14H,1-2H3,(H,23,25)/t14-/m0/s1. The lowest BCUT2D eigenvalue weighted by atomic mass is 10.1. The van der Waals surface area contributed by atoms with Crippen LogP contribution in [0, 0.1) is 0 Å². The van der Waals surface area contributed by atoms with Crippen molar-refractivity contribution < 1.29 is 23.9 Å². The molecule has 0 saturated heterocycles. The quantitative estimate of drug-likeness (QED) is 0.461. The number of thiophene rings is 1. The number of carbonyl (C=O) groups is 3. The molecule has 1 aromatic heterocycles. The lowest BCUT2D eigenvalue weighted by Crippen LogP contribution is -2.24. The van der Waals surface area contributed by atoms with Crippen LogP contribution in [0.25, 0.3) is 0 Å². The molecular weight excluding hydrogens is 390 g/mol. The van der Waals surface area contributed by atoms with Crippen LogP contribution in [0.2, 0.25) is 0 Å². The Morgan fingerprint density at radius 1 is 0.931 bits per heavy atom. The fourth-order valence-electron chi connectivity index (χ4n) is 2.56. The summed E-state index contributed by atoms with van der Waals surface area (Å²) in [6, 6.07) is 16.4. The van der Waals surface area contributed by atoms with Gasteiger partial charge in [0.25, 0.3) is 5.91 Å². The molecule has 1 heterocycles. The summed E-state index contributed by atoms with van der Waals surface area (Å²) in [4.78, 5) is 37.4. The second-order valence-electron chi connectivity index (χ2n) is 6.15. The molecule has 0 saturated carbocycles. The molecule has 3 aromatic rings. The molecule has 6 nitrogen and oxygen atoms in total. The molecule has 1 atom stereocenters. The van der Waals surface area contributed by atoms with Crippen molar-refractivity contribution >= 4 is 34.7 Å². The molecule has 148 valence electrons. The van der Waals surface area contributed by atoms with Gasteiger partial charge in [-0.15, -0.1) is 11.3 Å². The number of ketones is 1. The second kappa shape index (κ2) is 9.16. The van der Waals surface area contributed by atoms with Crippen molar-refractivity contribution in [2.75, 3.05) is 12.4 Å². The second-order valence-corrected chi connectivity index (χ2v) is 7.10. The zero-order valence-corrected chi connectivity index (χ0v) is 16.7. The van der Waals surface area contributed by atoms with Crippen molar-refractivity contribution in [2.24, 2.45) is 0 Å². The van der Waals surface area contributed by atoms with E-state index < -0.39 is 12.1 Å². The average molecular weight is 409 g/mol. The topological polar surface area (TPSA) is 81.7 Å². The van der Waals surface area contributed by atoms with Gasteiger partial charge in [-0.1, -0.05) is 6.07 Å². The van der Waals surface area contributed by atoms with Crippen molar-refractivity contribution in [3.63, 3.8) is 0 Å². The average Bonchev–Trinajstić information content (AvgIpc) is 3.29. The number of benzene rings is 2. The molecule has 1 N–H and O–H groups in total. The number of anilines is 1. The molecule has 0 unspecified atom stereocenters. The van der Waals surface area contributed by atoms with Gasteiger partial charge in [-0.05, 0) is 66.9 Å². The lowest BCUT2D eigenvalue weighted by Gasteiger charge is -2.13. The molecule has 0 aliphatic heterocycles. The number of rotatable bonds is 7. The monoisotopic (exact) mass is 409 g/mol. The van der Waals surface area contributed by atoms with Gasteiger partial charge in [0.15, 0.2) is 6.10 Å². The van der Waals surface area contributed by atoms with Gasteiger partial charge in [0.05, 0.1) is 17.6 Å². The van der Waals surface area contributed by atoms with Crippen LogP contribution < -0.4 is 10.1 Å². The van der Waals surface area contributed by atoms with Gasteiger partial charge in [0.2, 0.25) is 5.78 Å². The summed E-state index contributed by atoms with van der Waals surface area (Å²) in [5.74, 6) is -0.497. The molecule has 1 amide bonds. The van der Waals surface area contributed by atoms with Gasteiger partial charge in [0.1, 0.15) is 5.75 Å². The smallest absolute Gasteiger partial charge is 0.338 e. The molecular formula is C22H19NO5S. The first kappa shape index (κ1) is 20.3. The first-order valence-electron chi connectivity index (χ1n) is 8.82. The Labute approximate surface area is 172 Å². The largest absolute Gasteiger partial charge is 0.497 e. The Kier molecular flexibility index (Phi) is 6.41. The number of ether oxygens (including phenoxy) is 2. The fourth-order valence-corrected chi connectivity index (χ4v) is 3.18. The molecule has 0 radical (unpaired) electrons. The van der Waals surface area contributed by atoms with Crippen LogP contribution in [0.4, 0.5) is 5.69 Å². The van der Waals surface area contributed by atoms with Crippen molar-refractivity contribution in [1.29, 1.82) is 0 Å². The minimum absolute atomic E-state index is 0.214. The summed E-state index contributed by atoms with van der Waals surface area (Å²) < 4.78 is 10.3. The summed E-state index contributed by atoms with van der Waals surface area (Å²) in [7, 11) is 1.54. The molecule has 29 heavy (non-hydrogen) atoms. The first-order valence-corrected chi connectivity index (χ1v) is 9.70. The number of Topliss-reactive ketones (excluding diaryl/α,β-unsaturated/α-hetero) is 1. The minimum atomic E-state index is -0.936. The van der Waals surface area contributed by atoms with Gasteiger partial charge in [-0.2, -0.15) is 0 Å². The Hall–Kier alpha value is -3.45. The van der Waals surface area contributed by atoms with Gasteiger partial charge < -0.3 is 14.8 Å². The molecule has 2 aromatic carbocycles. The third kappa shape index (κ3) is 5.08. The zero-order chi connectivity index (χ0) is 20.8. The van der Waals surface area contributed by atoms with Crippen LogP contribution in [-0.4, -0.2) is 30.9 Å². The van der Waals surface area contributed by atoms with Gasteiger partial charge >= 0.3 is 5.97 Å². The summed E-state index contributed by atoms with van der Waals surface area (Å²) >= 11 is 1.34. The summed E-state index contributed by atoms with van der Waals surface area (Å²) in [5, 5.41) is 4.58. The highest BCUT2D eigenvalue weighted by atomic mass is 32.1. The van der Waals surface area contributed by atoms with Crippen LogP contribution in [0.1, 0.15) is 37.3 Å². The summed E-state index contributed by atoms with van der Waals surface area (Å²) in [6.45, 7) is 1.53. The zero-order valence-electron chi connectivity index (χ0n) is 15.9. The van der Waals surface area contributed by atoms with Gasteiger partial charge in [-0.25, -0.2) is 4.79 Å². The van der Waals surface area contributed by atoms with Gasteiger partial charge in [0, 0.05) is 11.3 Å². The summed E-state index contributed by atoms with van der Waals surface area (Å²) in [5.41, 5.74) is 1.27. The van der Waals surface area contributed by atoms with E-state index in [0.29, 0.717) is 21.9 Å². The maximum atomic E-state index is 12.4. The van der Waals surface area contributed by atoms with Gasteiger partial charge in [-0.3, -0.25) is 9.59 Å². The molecule has 0 fully saturated rings. The molecule has 0 spiro atoms. The third-order valence-corrected chi connectivity index (χ3v) is 5.02. The summed E-state index contributed by atoms with van der Waals surface area (Å²) in [6.07, 6.45) is -0.936. The Morgan fingerprint density at radius 3 is 2.17 bits per heavy atom. The highest BCUT2D eigenvalue weighted by Crippen LogP contribution is 2.17. The normalized spacial score (nSPS) is 11.4. The Bertz CT molecular complexity index is 995. The van der Waals surface area contributed by atoms with E-state index in [-0.39, 0.29) is 17.3 Å². The maximum Gasteiger partial charge on any atom is 0.338 e. The van der Waals surface area contributed by atoms with Crippen LogP contribution in [-0.2, 0) is 4.74 Å². The molecule has 3 rings (SSSR count). The van der Waals surface area contributed by atoms with Crippen molar-refractivity contribution in [3.05, 3.63) is 82.0 Å². The lowest BCUT2D eigenvalue weighted by molar-refractivity contribution is 0.0319. The van der Waals surface area contributed by atoms with E-state index in [1.165, 1.54) is 30.4 Å². The van der Waals surface area contributed by atoms with Crippen LogP contribution in [0.5, 0.6) is 5.75 Å². The van der Waals surface area contributed by atoms with Crippen LogP contribution in [0.15, 0.2) is 66.0 Å². The molecule has 0 aliphatic rings. The van der Waals surface area contributed by atoms with Crippen LogP contribution in [0.3, 0.4) is 0 Å². The van der Waals surface area contributed by atoms with E-state index in [4.69, 9.17) is 9.47 Å². The Morgan fingerprint density at radius 2 is 1.59 bits per heavy atom. The van der Waals surface area contributed by atoms with Crippen molar-refractivity contribution in [3.8, 4) is 5.75 Å². The van der Waals surface area contributed by atoms with Crippen molar-refractivity contribution in [1.82, 2.24) is 0 Å².